The lowest BCUT2D eigenvalue weighted by molar-refractivity contribution is -0.386. The van der Waals surface area contributed by atoms with Crippen LogP contribution in [0.25, 0.3) is 0 Å². The lowest BCUT2D eigenvalue weighted by Gasteiger charge is -2.34. The fourth-order valence-corrected chi connectivity index (χ4v) is 4.92. The fraction of sp³-hybridized carbons (Fsp3) is 0.514. The number of ether oxygens (including phenoxy) is 8. The lowest BCUT2D eigenvalue weighted by atomic mass is 9.98. The predicted octanol–water partition coefficient (Wildman–Crippen LogP) is 3.91. The van der Waals surface area contributed by atoms with Crippen LogP contribution in [0.3, 0.4) is 0 Å². The zero-order chi connectivity index (χ0) is 39.0. The number of carbonyl (C=O) groups is 5. The van der Waals surface area contributed by atoms with Crippen molar-refractivity contribution < 1.29 is 66.8 Å². The van der Waals surface area contributed by atoms with Gasteiger partial charge in [-0.05, 0) is 38.0 Å². The lowest BCUT2D eigenvalue weighted by Crippen LogP contribution is -2.55. The standard InChI is InChI=1S/C35H46N2O15/c1-9-36(21-49-35(5,6)18-25-13-11-10-12-14-25)34(42)48-19-26-15-16-28(27(17-26)37(43)44)47-20-29(50-22(2)38)30(51-23(3)39)31(52-24(4)40)32(45-7)33(41)46-8/h10-17,29-32H,9,18-21H2,1-8H3/t29-,30?,31?,32?/m1/s1. The number of amides is 1. The van der Waals surface area contributed by atoms with Gasteiger partial charge in [-0.2, -0.15) is 0 Å². The van der Waals surface area contributed by atoms with E-state index < -0.39 is 77.2 Å². The monoisotopic (exact) mass is 734 g/mol. The van der Waals surface area contributed by atoms with Gasteiger partial charge >= 0.3 is 35.7 Å². The first-order chi connectivity index (χ1) is 24.5. The second kappa shape index (κ2) is 20.5. The van der Waals surface area contributed by atoms with Crippen LogP contribution in [0.2, 0.25) is 0 Å². The highest BCUT2D eigenvalue weighted by atomic mass is 16.6. The summed E-state index contributed by atoms with van der Waals surface area (Å²) in [4.78, 5) is 74.3. The summed E-state index contributed by atoms with van der Waals surface area (Å²) in [6.07, 6.45) is -6.75. The van der Waals surface area contributed by atoms with E-state index in [2.05, 4.69) is 0 Å². The van der Waals surface area contributed by atoms with Gasteiger partial charge in [0.2, 0.25) is 0 Å². The Morgan fingerprint density at radius 3 is 2.02 bits per heavy atom. The van der Waals surface area contributed by atoms with Gasteiger partial charge < -0.3 is 37.9 Å². The zero-order valence-electron chi connectivity index (χ0n) is 30.5. The Balaban J connectivity index is 2.24. The van der Waals surface area contributed by atoms with Gasteiger partial charge in [0.05, 0.1) is 17.6 Å². The first kappa shape index (κ1) is 42.9. The van der Waals surface area contributed by atoms with Crippen molar-refractivity contribution in [2.75, 3.05) is 34.1 Å². The van der Waals surface area contributed by atoms with E-state index in [1.54, 1.807) is 6.92 Å². The Labute approximate surface area is 301 Å². The van der Waals surface area contributed by atoms with Crippen LogP contribution in [0.1, 0.15) is 52.7 Å². The van der Waals surface area contributed by atoms with Crippen LogP contribution >= 0.6 is 0 Å². The molecule has 4 atom stereocenters. The Hall–Kier alpha value is -5.29. The largest absolute Gasteiger partial charge is 0.483 e. The summed E-state index contributed by atoms with van der Waals surface area (Å²) in [7, 11) is 2.14. The van der Waals surface area contributed by atoms with Crippen LogP contribution in [0.5, 0.6) is 5.75 Å². The average molecular weight is 735 g/mol. The summed E-state index contributed by atoms with van der Waals surface area (Å²) in [5.74, 6) is -4.04. The summed E-state index contributed by atoms with van der Waals surface area (Å²) in [5.41, 5.74) is 0.187. The molecule has 0 heterocycles. The number of methoxy groups -OCH3 is 2. The van der Waals surface area contributed by atoms with Crippen molar-refractivity contribution in [2.24, 2.45) is 0 Å². The molecule has 0 spiro atoms. The second-order valence-electron chi connectivity index (χ2n) is 12.0. The summed E-state index contributed by atoms with van der Waals surface area (Å²) in [6, 6.07) is 13.5. The number of hydrogen-bond donors (Lipinski definition) is 0. The smallest absolute Gasteiger partial charge is 0.411 e. The minimum atomic E-state index is -1.71. The maximum atomic E-state index is 12.9. The molecule has 0 aromatic heterocycles. The molecule has 17 nitrogen and oxygen atoms in total. The van der Waals surface area contributed by atoms with E-state index in [1.165, 1.54) is 17.0 Å². The highest BCUT2D eigenvalue weighted by Crippen LogP contribution is 2.30. The molecule has 0 N–H and O–H groups in total. The number of nitrogens with zero attached hydrogens (tertiary/aromatic N) is 2. The van der Waals surface area contributed by atoms with Crippen molar-refractivity contribution in [3.05, 3.63) is 69.8 Å². The number of hydrogen-bond acceptors (Lipinski definition) is 15. The van der Waals surface area contributed by atoms with E-state index in [0.717, 1.165) is 46.6 Å². The van der Waals surface area contributed by atoms with Crippen molar-refractivity contribution >= 4 is 35.7 Å². The van der Waals surface area contributed by atoms with Gasteiger partial charge in [0.15, 0.2) is 30.2 Å². The Morgan fingerprint density at radius 1 is 0.865 bits per heavy atom. The average Bonchev–Trinajstić information content (AvgIpc) is 3.08. The first-order valence-electron chi connectivity index (χ1n) is 16.1. The third-order valence-corrected chi connectivity index (χ3v) is 7.31. The van der Waals surface area contributed by atoms with Crippen LogP contribution < -0.4 is 4.74 Å². The Bertz CT molecular complexity index is 1530. The maximum absolute atomic E-state index is 12.9. The molecule has 0 saturated heterocycles. The van der Waals surface area contributed by atoms with E-state index in [1.807, 2.05) is 44.2 Å². The molecule has 2 aromatic rings. The molecule has 2 rings (SSSR count). The number of benzene rings is 2. The van der Waals surface area contributed by atoms with E-state index >= 15 is 0 Å². The summed E-state index contributed by atoms with van der Waals surface area (Å²) >= 11 is 0. The van der Waals surface area contributed by atoms with Crippen LogP contribution in [-0.4, -0.2) is 104 Å². The fourth-order valence-electron chi connectivity index (χ4n) is 4.92. The third kappa shape index (κ3) is 13.8. The predicted molar refractivity (Wildman–Crippen MR) is 181 cm³/mol. The number of esters is 4. The van der Waals surface area contributed by atoms with Crippen molar-refractivity contribution in [3.63, 3.8) is 0 Å². The number of nitro groups is 1. The number of nitro benzene ring substituents is 1. The summed E-state index contributed by atoms with van der Waals surface area (Å²) in [5, 5.41) is 12.1. The summed E-state index contributed by atoms with van der Waals surface area (Å²) < 4.78 is 42.9. The second-order valence-corrected chi connectivity index (χ2v) is 12.0. The minimum Gasteiger partial charge on any atom is -0.483 e. The normalized spacial score (nSPS) is 13.4. The molecule has 17 heteroatoms. The quantitative estimate of drug-likeness (QED) is 0.0622. The first-order valence-corrected chi connectivity index (χ1v) is 16.1. The molecule has 0 bridgehead atoms. The van der Waals surface area contributed by atoms with Crippen molar-refractivity contribution in [1.29, 1.82) is 0 Å². The molecular formula is C35H46N2O15. The molecule has 52 heavy (non-hydrogen) atoms. The van der Waals surface area contributed by atoms with Crippen molar-refractivity contribution in [3.8, 4) is 5.75 Å². The van der Waals surface area contributed by atoms with Gasteiger partial charge in [0.25, 0.3) is 0 Å². The van der Waals surface area contributed by atoms with Crippen LogP contribution in [0.15, 0.2) is 48.5 Å². The molecule has 0 aliphatic carbocycles. The van der Waals surface area contributed by atoms with E-state index in [-0.39, 0.29) is 31.2 Å². The van der Waals surface area contributed by atoms with E-state index in [0.29, 0.717) is 6.42 Å². The molecule has 286 valence electrons. The Kier molecular flexibility index (Phi) is 16.9. The third-order valence-electron chi connectivity index (χ3n) is 7.31. The number of rotatable bonds is 20. The van der Waals surface area contributed by atoms with Gasteiger partial charge in [0, 0.05) is 46.9 Å². The zero-order valence-corrected chi connectivity index (χ0v) is 30.5. The van der Waals surface area contributed by atoms with Gasteiger partial charge in [-0.15, -0.1) is 0 Å². The van der Waals surface area contributed by atoms with Gasteiger partial charge in [-0.25, -0.2) is 9.59 Å². The van der Waals surface area contributed by atoms with E-state index in [4.69, 9.17) is 37.9 Å². The van der Waals surface area contributed by atoms with Crippen molar-refractivity contribution in [1.82, 2.24) is 4.90 Å². The van der Waals surface area contributed by atoms with Crippen LogP contribution in [0, 0.1) is 10.1 Å². The molecular weight excluding hydrogens is 688 g/mol. The van der Waals surface area contributed by atoms with Gasteiger partial charge in [-0.3, -0.25) is 29.4 Å². The number of carbonyl (C=O) groups excluding carboxylic acids is 5. The topological polar surface area (TPSA) is 206 Å². The molecule has 0 radical (unpaired) electrons. The molecule has 0 aliphatic heterocycles. The Morgan fingerprint density at radius 2 is 1.48 bits per heavy atom. The van der Waals surface area contributed by atoms with Gasteiger partial charge in [-0.1, -0.05) is 36.4 Å². The SMILES string of the molecule is CCN(COC(C)(C)Cc1ccccc1)C(=O)OCc1ccc(OC[C@@H](OC(C)=O)C(OC(C)=O)C(OC(C)=O)C(OC)C(=O)OC)c([N+](=O)[O-])c1. The molecule has 1 amide bonds. The molecule has 0 saturated carbocycles. The maximum Gasteiger partial charge on any atom is 0.411 e. The molecule has 0 fully saturated rings. The molecule has 3 unspecified atom stereocenters. The highest BCUT2D eigenvalue weighted by molar-refractivity contribution is 5.77. The van der Waals surface area contributed by atoms with E-state index in [9.17, 15) is 34.1 Å². The molecule has 0 aliphatic rings. The molecule has 2 aromatic carbocycles. The van der Waals surface area contributed by atoms with Crippen LogP contribution in [-0.2, 0) is 65.4 Å². The van der Waals surface area contributed by atoms with Gasteiger partial charge in [0.1, 0.15) is 19.9 Å². The van der Waals surface area contributed by atoms with Crippen LogP contribution in [0.4, 0.5) is 10.5 Å². The van der Waals surface area contributed by atoms with Crippen molar-refractivity contribution in [2.45, 2.75) is 84.6 Å². The highest BCUT2D eigenvalue weighted by Gasteiger charge is 2.46. The minimum absolute atomic E-state index is 0.0526. The summed E-state index contributed by atoms with van der Waals surface area (Å²) in [6.45, 7) is 7.83.